The molecule has 2 fully saturated rings. The normalized spacial score (nSPS) is 20.7. The van der Waals surface area contributed by atoms with Crippen molar-refractivity contribution < 1.29 is 9.59 Å². The van der Waals surface area contributed by atoms with Gasteiger partial charge in [-0.3, -0.25) is 4.79 Å². The smallest absolute Gasteiger partial charge is 0.319 e. The summed E-state index contributed by atoms with van der Waals surface area (Å²) in [5, 5.41) is 3.62. The molecule has 6 nitrogen and oxygen atoms in total. The highest BCUT2D eigenvalue weighted by Crippen LogP contribution is 2.24. The molecule has 1 aromatic carbocycles. The largest absolute Gasteiger partial charge is 0.381 e. The number of rotatable bonds is 4. The van der Waals surface area contributed by atoms with Crippen LogP contribution in [0.25, 0.3) is 0 Å². The summed E-state index contributed by atoms with van der Waals surface area (Å²) in [6.45, 7) is 7.36. The highest BCUT2D eigenvalue weighted by Gasteiger charge is 2.32. The number of anilines is 1. The number of urea groups is 1. The number of likely N-dealkylation sites (tertiary alicyclic amines) is 2. The predicted molar refractivity (Wildman–Crippen MR) is 117 cm³/mol. The average Bonchev–Trinajstić information content (AvgIpc) is 2.73. The third-order valence-electron chi connectivity index (χ3n) is 6.18. The van der Waals surface area contributed by atoms with Gasteiger partial charge in [0.1, 0.15) is 0 Å². The Balaban J connectivity index is 1.51. The summed E-state index contributed by atoms with van der Waals surface area (Å²) in [5.74, 6) is 0.847. The molecule has 0 unspecified atom stereocenters. The van der Waals surface area contributed by atoms with E-state index in [1.165, 1.54) is 5.56 Å². The maximum atomic E-state index is 13.1. The number of hydrogen-bond acceptors (Lipinski definition) is 3. The Labute approximate surface area is 175 Å². The molecule has 29 heavy (non-hydrogen) atoms. The molecule has 2 saturated heterocycles. The molecule has 3 amide bonds. The molecule has 0 radical (unpaired) electrons. The van der Waals surface area contributed by atoms with Crippen LogP contribution in [0.15, 0.2) is 24.3 Å². The van der Waals surface area contributed by atoms with Crippen molar-refractivity contribution in [1.82, 2.24) is 14.7 Å². The molecule has 0 spiro atoms. The van der Waals surface area contributed by atoms with Crippen LogP contribution in [-0.2, 0) is 4.79 Å². The summed E-state index contributed by atoms with van der Waals surface area (Å²) in [6, 6.07) is 9.00. The number of carbonyl (C=O) groups is 2. The van der Waals surface area contributed by atoms with Gasteiger partial charge < -0.3 is 20.0 Å². The Morgan fingerprint density at radius 1 is 1.00 bits per heavy atom. The lowest BCUT2D eigenvalue weighted by Gasteiger charge is -2.38. The molecule has 0 bridgehead atoms. The molecule has 0 aromatic heterocycles. The van der Waals surface area contributed by atoms with E-state index in [4.69, 9.17) is 0 Å². The summed E-state index contributed by atoms with van der Waals surface area (Å²) in [4.78, 5) is 30.7. The van der Waals surface area contributed by atoms with Gasteiger partial charge in [0.2, 0.25) is 5.91 Å². The second-order valence-corrected chi connectivity index (χ2v) is 8.98. The lowest BCUT2D eigenvalue weighted by atomic mass is 9.94. The molecule has 1 atom stereocenters. The van der Waals surface area contributed by atoms with E-state index >= 15 is 0 Å². The van der Waals surface area contributed by atoms with Gasteiger partial charge in [-0.1, -0.05) is 26.0 Å². The molecule has 2 aliphatic heterocycles. The van der Waals surface area contributed by atoms with E-state index in [2.05, 4.69) is 43.4 Å². The summed E-state index contributed by atoms with van der Waals surface area (Å²) in [5.41, 5.74) is 2.47. The van der Waals surface area contributed by atoms with Crippen LogP contribution in [0.1, 0.15) is 51.0 Å². The van der Waals surface area contributed by atoms with Crippen molar-refractivity contribution in [3.63, 3.8) is 0 Å². The zero-order valence-corrected chi connectivity index (χ0v) is 18.4. The highest BCUT2D eigenvalue weighted by molar-refractivity contribution is 5.80. The Morgan fingerprint density at radius 2 is 1.66 bits per heavy atom. The van der Waals surface area contributed by atoms with Crippen molar-refractivity contribution in [3.05, 3.63) is 29.8 Å². The monoisotopic (exact) mass is 400 g/mol. The van der Waals surface area contributed by atoms with Gasteiger partial charge in [0, 0.05) is 57.9 Å². The van der Waals surface area contributed by atoms with E-state index in [1.54, 1.807) is 19.0 Å². The molecule has 1 N–H and O–H groups in total. The molecule has 2 heterocycles. The Kier molecular flexibility index (Phi) is 7.04. The van der Waals surface area contributed by atoms with E-state index in [9.17, 15) is 9.59 Å². The number of nitrogens with zero attached hydrogens (tertiary/aromatic N) is 3. The Hall–Kier alpha value is -2.24. The maximum Gasteiger partial charge on any atom is 0.319 e. The van der Waals surface area contributed by atoms with Gasteiger partial charge in [-0.2, -0.15) is 0 Å². The highest BCUT2D eigenvalue weighted by atomic mass is 16.2. The zero-order chi connectivity index (χ0) is 21.0. The fraction of sp³-hybridized carbons (Fsp3) is 0.652. The molecule has 1 aromatic rings. The standard InChI is InChI=1S/C23H36N4O2/c1-17(2)18-7-9-20(10-8-18)24-21-6-5-13-27(16-21)22(28)19-11-14-26(15-12-19)23(29)25(3)4/h7-10,17,19,21,24H,5-6,11-16H2,1-4H3/t21-/m1/s1. The molecule has 3 rings (SSSR count). The van der Waals surface area contributed by atoms with Crippen LogP contribution in [0.4, 0.5) is 10.5 Å². The first-order valence-electron chi connectivity index (χ1n) is 11.0. The molecular weight excluding hydrogens is 364 g/mol. The van der Waals surface area contributed by atoms with Crippen LogP contribution in [0, 0.1) is 5.92 Å². The maximum absolute atomic E-state index is 13.1. The third kappa shape index (κ3) is 5.43. The molecule has 6 heteroatoms. The Bertz CT molecular complexity index is 693. The number of benzene rings is 1. The number of nitrogens with one attached hydrogen (secondary N) is 1. The summed E-state index contributed by atoms with van der Waals surface area (Å²) < 4.78 is 0. The molecule has 0 saturated carbocycles. The van der Waals surface area contributed by atoms with Gasteiger partial charge in [-0.15, -0.1) is 0 Å². The van der Waals surface area contributed by atoms with Gasteiger partial charge in [-0.05, 0) is 49.3 Å². The number of piperidine rings is 2. The fourth-order valence-electron chi connectivity index (χ4n) is 4.35. The third-order valence-corrected chi connectivity index (χ3v) is 6.18. The SMILES string of the molecule is CC(C)c1ccc(N[C@@H]2CCCN(C(=O)C3CCN(C(=O)N(C)C)CC3)C2)cc1. The van der Waals surface area contributed by atoms with Crippen LogP contribution in [0.2, 0.25) is 0 Å². The van der Waals surface area contributed by atoms with E-state index in [0.29, 0.717) is 25.0 Å². The number of amides is 3. The van der Waals surface area contributed by atoms with Crippen molar-refractivity contribution >= 4 is 17.6 Å². The van der Waals surface area contributed by atoms with Crippen LogP contribution in [-0.4, -0.2) is 73.0 Å². The van der Waals surface area contributed by atoms with Crippen LogP contribution >= 0.6 is 0 Å². The molecule has 0 aliphatic carbocycles. The van der Waals surface area contributed by atoms with Crippen molar-refractivity contribution in [2.24, 2.45) is 5.92 Å². The van der Waals surface area contributed by atoms with Crippen LogP contribution in [0.5, 0.6) is 0 Å². The first-order chi connectivity index (χ1) is 13.8. The minimum Gasteiger partial charge on any atom is -0.381 e. The molecule has 160 valence electrons. The number of hydrogen-bond donors (Lipinski definition) is 1. The van der Waals surface area contributed by atoms with E-state index in [0.717, 1.165) is 44.5 Å². The predicted octanol–water partition coefficient (Wildman–Crippen LogP) is 3.61. The summed E-state index contributed by atoms with van der Waals surface area (Å²) in [6.07, 6.45) is 3.66. The second-order valence-electron chi connectivity index (χ2n) is 8.98. The van der Waals surface area contributed by atoms with Gasteiger partial charge in [-0.25, -0.2) is 4.79 Å². The van der Waals surface area contributed by atoms with Crippen molar-refractivity contribution in [3.8, 4) is 0 Å². The minimum absolute atomic E-state index is 0.0432. The van der Waals surface area contributed by atoms with Crippen molar-refractivity contribution in [2.45, 2.75) is 51.5 Å². The number of carbonyl (C=O) groups excluding carboxylic acids is 2. The van der Waals surface area contributed by atoms with E-state index < -0.39 is 0 Å². The van der Waals surface area contributed by atoms with Gasteiger partial charge in [0.05, 0.1) is 0 Å². The van der Waals surface area contributed by atoms with Gasteiger partial charge in [0.25, 0.3) is 0 Å². The zero-order valence-electron chi connectivity index (χ0n) is 18.4. The first kappa shape index (κ1) is 21.5. The van der Waals surface area contributed by atoms with Crippen molar-refractivity contribution in [2.75, 3.05) is 45.6 Å². The van der Waals surface area contributed by atoms with Crippen LogP contribution < -0.4 is 5.32 Å². The summed E-state index contributed by atoms with van der Waals surface area (Å²) >= 11 is 0. The molecular formula is C23H36N4O2. The van der Waals surface area contributed by atoms with Gasteiger partial charge in [0.15, 0.2) is 0 Å². The van der Waals surface area contributed by atoms with Crippen molar-refractivity contribution in [1.29, 1.82) is 0 Å². The van der Waals surface area contributed by atoms with E-state index in [1.807, 2.05) is 9.80 Å². The van der Waals surface area contributed by atoms with Crippen LogP contribution in [0.3, 0.4) is 0 Å². The fourth-order valence-corrected chi connectivity index (χ4v) is 4.35. The first-order valence-corrected chi connectivity index (χ1v) is 11.0. The van der Waals surface area contributed by atoms with E-state index in [-0.39, 0.29) is 17.9 Å². The Morgan fingerprint density at radius 3 is 2.24 bits per heavy atom. The minimum atomic E-state index is 0.0432. The lowest BCUT2D eigenvalue weighted by molar-refractivity contribution is -0.138. The average molecular weight is 401 g/mol. The summed E-state index contributed by atoms with van der Waals surface area (Å²) in [7, 11) is 3.55. The lowest BCUT2D eigenvalue weighted by Crippen LogP contribution is -2.50. The topological polar surface area (TPSA) is 55.9 Å². The quantitative estimate of drug-likeness (QED) is 0.840. The second kappa shape index (κ2) is 9.51. The molecule has 2 aliphatic rings. The van der Waals surface area contributed by atoms with Gasteiger partial charge >= 0.3 is 6.03 Å².